The molecule has 1 aliphatic heterocycles. The summed E-state index contributed by atoms with van der Waals surface area (Å²) in [6.07, 6.45) is -2.80. The largest absolute Gasteiger partial charge is 0.412 e. The molecule has 21 heavy (non-hydrogen) atoms. The van der Waals surface area contributed by atoms with Crippen LogP contribution in [0, 0.1) is 5.92 Å². The van der Waals surface area contributed by atoms with Crippen molar-refractivity contribution in [3.8, 4) is 0 Å². The van der Waals surface area contributed by atoms with E-state index in [1.807, 2.05) is 0 Å². The Hall–Kier alpha value is -2.13. The predicted molar refractivity (Wildman–Crippen MR) is 64.0 cm³/mol. The van der Waals surface area contributed by atoms with E-state index in [-0.39, 0.29) is 5.92 Å². The monoisotopic (exact) mass is 305 g/mol. The number of alkyl halides is 3. The summed E-state index contributed by atoms with van der Waals surface area (Å²) in [5.41, 5.74) is 0. The first-order chi connectivity index (χ1) is 9.71. The molecule has 0 bridgehead atoms. The van der Waals surface area contributed by atoms with Gasteiger partial charge in [0.15, 0.2) is 6.04 Å². The summed E-state index contributed by atoms with van der Waals surface area (Å²) >= 11 is 0. The third kappa shape index (κ3) is 2.98. The van der Waals surface area contributed by atoms with E-state index in [1.54, 1.807) is 13.8 Å². The third-order valence-corrected chi connectivity index (χ3v) is 3.21. The van der Waals surface area contributed by atoms with E-state index in [0.717, 1.165) is 12.7 Å². The molecule has 0 aliphatic carbocycles. The van der Waals surface area contributed by atoms with Crippen molar-refractivity contribution in [2.45, 2.75) is 32.1 Å². The number of hydrogen-bond donors (Lipinski definition) is 1. The Labute approximate surface area is 118 Å². The summed E-state index contributed by atoms with van der Waals surface area (Å²) in [6.45, 7) is 2.57. The maximum absolute atomic E-state index is 13.1. The normalized spacial score (nSPS) is 21.0. The molecule has 0 radical (unpaired) electrons. The zero-order valence-electron chi connectivity index (χ0n) is 11.3. The Bertz CT molecular complexity index is 528. The van der Waals surface area contributed by atoms with Crippen molar-refractivity contribution in [1.82, 2.24) is 25.0 Å². The van der Waals surface area contributed by atoms with Gasteiger partial charge in [-0.2, -0.15) is 18.3 Å². The Balaban J connectivity index is 2.22. The number of aromatic nitrogens is 3. The molecular weight excluding hydrogens is 291 g/mol. The number of hydrogen-bond acceptors (Lipinski definition) is 4. The van der Waals surface area contributed by atoms with Gasteiger partial charge in [0.1, 0.15) is 18.7 Å². The van der Waals surface area contributed by atoms with Crippen LogP contribution < -0.4 is 5.32 Å². The molecule has 116 valence electrons. The van der Waals surface area contributed by atoms with Gasteiger partial charge in [-0.05, 0) is 5.92 Å². The molecule has 1 saturated heterocycles. The van der Waals surface area contributed by atoms with Gasteiger partial charge in [-0.1, -0.05) is 13.8 Å². The second-order valence-corrected chi connectivity index (χ2v) is 5.05. The summed E-state index contributed by atoms with van der Waals surface area (Å²) in [5.74, 6) is -0.869. The van der Waals surface area contributed by atoms with Crippen LogP contribution in [0.2, 0.25) is 0 Å². The fourth-order valence-electron chi connectivity index (χ4n) is 2.05. The van der Waals surface area contributed by atoms with Gasteiger partial charge in [0, 0.05) is 0 Å². The van der Waals surface area contributed by atoms with Crippen molar-refractivity contribution in [2.24, 2.45) is 5.92 Å². The summed E-state index contributed by atoms with van der Waals surface area (Å²) in [6, 6.07) is -3.75. The van der Waals surface area contributed by atoms with Crippen LogP contribution >= 0.6 is 0 Å². The number of carbonyl (C=O) groups excluding carboxylic acids is 2. The molecule has 2 atom stereocenters. The number of halogens is 3. The van der Waals surface area contributed by atoms with Crippen LogP contribution in [0.4, 0.5) is 18.0 Å². The summed E-state index contributed by atoms with van der Waals surface area (Å²) in [7, 11) is 0. The summed E-state index contributed by atoms with van der Waals surface area (Å²) in [4.78, 5) is 27.8. The van der Waals surface area contributed by atoms with Crippen molar-refractivity contribution >= 4 is 11.9 Å². The summed E-state index contributed by atoms with van der Waals surface area (Å²) < 4.78 is 39.9. The van der Waals surface area contributed by atoms with Gasteiger partial charge in [-0.3, -0.25) is 9.69 Å². The van der Waals surface area contributed by atoms with Crippen LogP contribution in [0.5, 0.6) is 0 Å². The second-order valence-electron chi connectivity index (χ2n) is 5.05. The van der Waals surface area contributed by atoms with E-state index in [0.29, 0.717) is 9.58 Å². The van der Waals surface area contributed by atoms with E-state index in [9.17, 15) is 22.8 Å². The summed E-state index contributed by atoms with van der Waals surface area (Å²) in [5, 5.41) is 5.83. The molecule has 0 saturated carbocycles. The molecule has 10 heteroatoms. The minimum absolute atomic E-state index is 0.206. The second kappa shape index (κ2) is 5.34. The minimum atomic E-state index is -4.66. The van der Waals surface area contributed by atoms with Crippen LogP contribution in [0.15, 0.2) is 12.7 Å². The van der Waals surface area contributed by atoms with Gasteiger partial charge in [0.25, 0.3) is 5.91 Å². The van der Waals surface area contributed by atoms with Crippen molar-refractivity contribution in [3.63, 3.8) is 0 Å². The number of rotatable bonds is 4. The highest BCUT2D eigenvalue weighted by Crippen LogP contribution is 2.31. The zero-order valence-corrected chi connectivity index (χ0v) is 11.3. The lowest BCUT2D eigenvalue weighted by Gasteiger charge is -2.24. The van der Waals surface area contributed by atoms with E-state index in [4.69, 9.17) is 0 Å². The molecule has 1 aromatic heterocycles. The van der Waals surface area contributed by atoms with Gasteiger partial charge >= 0.3 is 12.2 Å². The standard InChI is InChI=1S/C11H14F3N5O2/c1-6(2)8-9(20)18(10(21)17-8)3-7(11(12,13)14)19-5-15-4-16-19/h4-8H,3H2,1-2H3,(H,17,21). The van der Waals surface area contributed by atoms with Crippen LogP contribution in [-0.4, -0.2) is 50.4 Å². The minimum Gasteiger partial charge on any atom is -0.326 e. The van der Waals surface area contributed by atoms with Gasteiger partial charge in [0.2, 0.25) is 0 Å². The highest BCUT2D eigenvalue weighted by molar-refractivity contribution is 6.04. The van der Waals surface area contributed by atoms with Crippen molar-refractivity contribution < 1.29 is 22.8 Å². The van der Waals surface area contributed by atoms with Crippen LogP contribution in [0.3, 0.4) is 0 Å². The van der Waals surface area contributed by atoms with Crippen molar-refractivity contribution in [3.05, 3.63) is 12.7 Å². The van der Waals surface area contributed by atoms with Gasteiger partial charge in [-0.25, -0.2) is 14.5 Å². The van der Waals surface area contributed by atoms with E-state index < -0.39 is 36.7 Å². The molecule has 1 aromatic rings. The third-order valence-electron chi connectivity index (χ3n) is 3.21. The maximum Gasteiger partial charge on any atom is 0.412 e. The Morgan fingerprint density at radius 3 is 2.48 bits per heavy atom. The molecule has 2 unspecified atom stereocenters. The number of carbonyl (C=O) groups is 2. The average molecular weight is 305 g/mol. The molecule has 1 N–H and O–H groups in total. The Morgan fingerprint density at radius 1 is 1.38 bits per heavy atom. The number of amides is 3. The number of nitrogens with one attached hydrogen (secondary N) is 1. The molecular formula is C11H14F3N5O2. The quantitative estimate of drug-likeness (QED) is 0.840. The molecule has 2 heterocycles. The van der Waals surface area contributed by atoms with Gasteiger partial charge < -0.3 is 5.32 Å². The molecule has 0 spiro atoms. The molecule has 1 fully saturated rings. The van der Waals surface area contributed by atoms with E-state index in [1.165, 1.54) is 0 Å². The smallest absolute Gasteiger partial charge is 0.326 e. The van der Waals surface area contributed by atoms with Crippen LogP contribution in [0.25, 0.3) is 0 Å². The fraction of sp³-hybridized carbons (Fsp3) is 0.636. The molecule has 7 nitrogen and oxygen atoms in total. The molecule has 2 rings (SSSR count). The van der Waals surface area contributed by atoms with Crippen molar-refractivity contribution in [2.75, 3.05) is 6.54 Å². The van der Waals surface area contributed by atoms with Crippen LogP contribution in [0.1, 0.15) is 19.9 Å². The predicted octanol–water partition coefficient (Wildman–Crippen LogP) is 0.958. The highest BCUT2D eigenvalue weighted by Gasteiger charge is 2.48. The first-order valence-corrected chi connectivity index (χ1v) is 6.24. The van der Waals surface area contributed by atoms with Crippen molar-refractivity contribution in [1.29, 1.82) is 0 Å². The van der Waals surface area contributed by atoms with Crippen LogP contribution in [-0.2, 0) is 4.79 Å². The topological polar surface area (TPSA) is 80.1 Å². The lowest BCUT2D eigenvalue weighted by Crippen LogP contribution is -2.42. The first kappa shape index (κ1) is 15.3. The zero-order chi connectivity index (χ0) is 15.8. The number of imide groups is 1. The Morgan fingerprint density at radius 2 is 2.05 bits per heavy atom. The molecule has 3 amide bonds. The number of nitrogens with zero attached hydrogens (tertiary/aromatic N) is 4. The van der Waals surface area contributed by atoms with E-state index in [2.05, 4.69) is 15.4 Å². The molecule has 1 aliphatic rings. The lowest BCUT2D eigenvalue weighted by molar-refractivity contribution is -0.173. The first-order valence-electron chi connectivity index (χ1n) is 6.24. The number of urea groups is 1. The fourth-order valence-corrected chi connectivity index (χ4v) is 2.05. The maximum atomic E-state index is 13.1. The Kier molecular flexibility index (Phi) is 3.88. The average Bonchev–Trinajstić information content (AvgIpc) is 2.95. The molecule has 0 aromatic carbocycles. The van der Waals surface area contributed by atoms with Gasteiger partial charge in [0.05, 0.1) is 6.54 Å². The van der Waals surface area contributed by atoms with Gasteiger partial charge in [-0.15, -0.1) is 0 Å². The highest BCUT2D eigenvalue weighted by atomic mass is 19.4. The lowest BCUT2D eigenvalue weighted by atomic mass is 10.0. The van der Waals surface area contributed by atoms with E-state index >= 15 is 0 Å². The SMILES string of the molecule is CC(C)C1NC(=O)N(CC(n2cncn2)C(F)(F)F)C1=O.